The SMILES string of the molecule is CC[C@@H](Sc1nc2n[nH]c(C)c2c(=N)n1-c1ccccc1C)C(=O)N1CCOCC1. The third-order valence-electron chi connectivity index (χ3n) is 5.35. The first-order valence-corrected chi connectivity index (χ1v) is 11.0. The number of morpholine rings is 1. The van der Waals surface area contributed by atoms with Gasteiger partial charge < -0.3 is 9.64 Å². The molecule has 30 heavy (non-hydrogen) atoms. The van der Waals surface area contributed by atoms with Crippen molar-refractivity contribution in [1.29, 1.82) is 5.41 Å². The maximum Gasteiger partial charge on any atom is 0.236 e. The van der Waals surface area contributed by atoms with Gasteiger partial charge in [0.2, 0.25) is 5.91 Å². The van der Waals surface area contributed by atoms with Crippen LogP contribution in [0.15, 0.2) is 29.4 Å². The van der Waals surface area contributed by atoms with E-state index in [0.717, 1.165) is 16.9 Å². The predicted molar refractivity (Wildman–Crippen MR) is 116 cm³/mol. The van der Waals surface area contributed by atoms with Gasteiger partial charge in [0.25, 0.3) is 0 Å². The summed E-state index contributed by atoms with van der Waals surface area (Å²) in [7, 11) is 0. The maximum absolute atomic E-state index is 13.1. The number of fused-ring (bicyclic) bond motifs is 1. The van der Waals surface area contributed by atoms with Crippen molar-refractivity contribution in [1.82, 2.24) is 24.6 Å². The van der Waals surface area contributed by atoms with Gasteiger partial charge >= 0.3 is 0 Å². The predicted octanol–water partition coefficient (Wildman–Crippen LogP) is 2.57. The van der Waals surface area contributed by atoms with E-state index in [1.54, 1.807) is 0 Å². The summed E-state index contributed by atoms with van der Waals surface area (Å²) in [4.78, 5) is 19.8. The summed E-state index contributed by atoms with van der Waals surface area (Å²) >= 11 is 1.40. The summed E-state index contributed by atoms with van der Waals surface area (Å²) < 4.78 is 7.22. The number of aryl methyl sites for hydroxylation is 2. The number of carbonyl (C=O) groups excluding carboxylic acids is 1. The lowest BCUT2D eigenvalue weighted by Crippen LogP contribution is -2.44. The van der Waals surface area contributed by atoms with Crippen LogP contribution in [0.25, 0.3) is 16.7 Å². The summed E-state index contributed by atoms with van der Waals surface area (Å²) in [6, 6.07) is 7.91. The Kier molecular flexibility index (Phi) is 5.92. The zero-order valence-electron chi connectivity index (χ0n) is 17.4. The Morgan fingerprint density at radius 3 is 2.73 bits per heavy atom. The van der Waals surface area contributed by atoms with E-state index in [2.05, 4.69) is 10.2 Å². The number of aromatic amines is 1. The van der Waals surface area contributed by atoms with Crippen LogP contribution in [0.4, 0.5) is 0 Å². The van der Waals surface area contributed by atoms with Gasteiger partial charge in [0.05, 0.1) is 29.5 Å². The van der Waals surface area contributed by atoms with Crippen molar-refractivity contribution >= 4 is 28.7 Å². The number of rotatable bonds is 5. The minimum absolute atomic E-state index is 0.0915. The Morgan fingerprint density at radius 2 is 2.03 bits per heavy atom. The molecule has 1 aliphatic heterocycles. The minimum Gasteiger partial charge on any atom is -0.378 e. The van der Waals surface area contributed by atoms with Gasteiger partial charge in [-0.3, -0.25) is 19.9 Å². The molecule has 0 unspecified atom stereocenters. The van der Waals surface area contributed by atoms with Crippen molar-refractivity contribution in [2.45, 2.75) is 37.6 Å². The molecule has 0 aliphatic carbocycles. The Bertz CT molecular complexity index is 1130. The van der Waals surface area contributed by atoms with E-state index in [1.165, 1.54) is 11.8 Å². The number of carbonyl (C=O) groups is 1. The molecule has 8 nitrogen and oxygen atoms in total. The highest BCUT2D eigenvalue weighted by Gasteiger charge is 2.28. The first-order chi connectivity index (χ1) is 14.5. The van der Waals surface area contributed by atoms with Gasteiger partial charge in [-0.15, -0.1) is 0 Å². The average Bonchev–Trinajstić information content (AvgIpc) is 3.14. The average molecular weight is 427 g/mol. The summed E-state index contributed by atoms with van der Waals surface area (Å²) in [5.41, 5.74) is 3.54. The molecule has 1 atom stereocenters. The smallest absolute Gasteiger partial charge is 0.236 e. The number of benzene rings is 1. The zero-order valence-corrected chi connectivity index (χ0v) is 18.3. The van der Waals surface area contributed by atoms with Gasteiger partial charge in [0.1, 0.15) is 5.49 Å². The lowest BCUT2D eigenvalue weighted by atomic mass is 10.2. The summed E-state index contributed by atoms with van der Waals surface area (Å²) in [5.74, 6) is 0.0915. The fourth-order valence-electron chi connectivity index (χ4n) is 3.67. The molecule has 3 heterocycles. The van der Waals surface area contributed by atoms with Crippen LogP contribution in [-0.4, -0.2) is 62.1 Å². The van der Waals surface area contributed by atoms with Gasteiger partial charge in [-0.1, -0.05) is 36.9 Å². The monoisotopic (exact) mass is 426 g/mol. The number of ether oxygens (including phenoxy) is 1. The van der Waals surface area contributed by atoms with Gasteiger partial charge in [-0.05, 0) is 31.9 Å². The number of H-pyrrole nitrogens is 1. The largest absolute Gasteiger partial charge is 0.378 e. The topological polar surface area (TPSA) is 99.9 Å². The Hall–Kier alpha value is -2.65. The summed E-state index contributed by atoms with van der Waals surface area (Å²) in [6.45, 7) is 8.28. The lowest BCUT2D eigenvalue weighted by Gasteiger charge is -2.30. The van der Waals surface area contributed by atoms with Crippen LogP contribution < -0.4 is 5.49 Å². The molecule has 0 radical (unpaired) electrons. The normalized spacial score (nSPS) is 15.5. The van der Waals surface area contributed by atoms with E-state index < -0.39 is 0 Å². The number of hydrogen-bond acceptors (Lipinski definition) is 6. The van der Waals surface area contributed by atoms with Crippen LogP contribution in [0.3, 0.4) is 0 Å². The molecule has 1 aromatic carbocycles. The molecule has 9 heteroatoms. The van der Waals surface area contributed by atoms with Crippen molar-refractivity contribution < 1.29 is 9.53 Å². The van der Waals surface area contributed by atoms with Crippen LogP contribution in [0.1, 0.15) is 24.6 Å². The molecule has 0 spiro atoms. The quantitative estimate of drug-likeness (QED) is 0.482. The molecule has 2 aromatic heterocycles. The Balaban J connectivity index is 1.81. The number of amides is 1. The van der Waals surface area contributed by atoms with E-state index in [0.29, 0.717) is 54.4 Å². The van der Waals surface area contributed by atoms with E-state index >= 15 is 0 Å². The molecule has 1 amide bonds. The number of aromatic nitrogens is 4. The number of para-hydroxylation sites is 1. The molecular weight excluding hydrogens is 400 g/mol. The maximum atomic E-state index is 13.1. The van der Waals surface area contributed by atoms with Crippen molar-refractivity contribution in [3.05, 3.63) is 41.0 Å². The van der Waals surface area contributed by atoms with Gasteiger partial charge in [-0.2, -0.15) is 5.10 Å². The molecule has 1 fully saturated rings. The van der Waals surface area contributed by atoms with Crippen LogP contribution in [0, 0.1) is 19.3 Å². The molecule has 0 bridgehead atoms. The van der Waals surface area contributed by atoms with Gasteiger partial charge in [-0.25, -0.2) is 4.98 Å². The molecule has 2 N–H and O–H groups in total. The van der Waals surface area contributed by atoms with E-state index in [9.17, 15) is 4.79 Å². The standard InChI is InChI=1S/C21H26N6O2S/c1-4-16(20(28)26-9-11-29-12-10-26)30-21-23-19-17(14(3)24-25-19)18(22)27(21)15-8-6-5-7-13(15)2/h5-8,16,22H,4,9-12H2,1-3H3,(H,24,25)/t16-/m1/s1. The highest BCUT2D eigenvalue weighted by atomic mass is 32.2. The van der Waals surface area contributed by atoms with E-state index in [-0.39, 0.29) is 11.2 Å². The van der Waals surface area contributed by atoms with Crippen LogP contribution in [0.2, 0.25) is 0 Å². The third-order valence-corrected chi connectivity index (χ3v) is 6.66. The number of nitrogens with zero attached hydrogens (tertiary/aromatic N) is 4. The number of hydrogen-bond donors (Lipinski definition) is 2. The molecule has 1 saturated heterocycles. The van der Waals surface area contributed by atoms with Gasteiger partial charge in [0, 0.05) is 18.8 Å². The van der Waals surface area contributed by atoms with Crippen molar-refractivity contribution in [2.24, 2.45) is 0 Å². The molecular formula is C21H26N6O2S. The fourth-order valence-corrected chi connectivity index (χ4v) is 4.77. The second kappa shape index (κ2) is 8.61. The highest BCUT2D eigenvalue weighted by Crippen LogP contribution is 2.29. The van der Waals surface area contributed by atoms with Crippen molar-refractivity contribution in [3.8, 4) is 5.69 Å². The van der Waals surface area contributed by atoms with E-state index in [4.69, 9.17) is 15.1 Å². The molecule has 4 rings (SSSR count). The molecule has 158 valence electrons. The van der Waals surface area contributed by atoms with E-state index in [1.807, 2.05) is 54.5 Å². The molecule has 3 aromatic rings. The minimum atomic E-state index is -0.289. The fraction of sp³-hybridized carbons (Fsp3) is 0.429. The lowest BCUT2D eigenvalue weighted by molar-refractivity contribution is -0.134. The third kappa shape index (κ3) is 3.75. The Labute approximate surface area is 179 Å². The Morgan fingerprint density at radius 1 is 1.30 bits per heavy atom. The zero-order chi connectivity index (χ0) is 21.3. The molecule has 1 aliphatic rings. The summed E-state index contributed by atoms with van der Waals surface area (Å²) in [5, 5.41) is 17.1. The number of thioether (sulfide) groups is 1. The van der Waals surface area contributed by atoms with Crippen LogP contribution in [0.5, 0.6) is 0 Å². The first kappa shape index (κ1) is 20.6. The number of nitrogens with one attached hydrogen (secondary N) is 2. The van der Waals surface area contributed by atoms with Crippen LogP contribution in [-0.2, 0) is 9.53 Å². The molecule has 0 saturated carbocycles. The second-order valence-electron chi connectivity index (χ2n) is 7.36. The second-order valence-corrected chi connectivity index (χ2v) is 8.53. The van der Waals surface area contributed by atoms with Crippen LogP contribution >= 0.6 is 11.8 Å². The van der Waals surface area contributed by atoms with Crippen molar-refractivity contribution in [2.75, 3.05) is 26.3 Å². The van der Waals surface area contributed by atoms with Gasteiger partial charge in [0.15, 0.2) is 10.8 Å². The van der Waals surface area contributed by atoms with Crippen molar-refractivity contribution in [3.63, 3.8) is 0 Å². The first-order valence-electron chi connectivity index (χ1n) is 10.1. The highest BCUT2D eigenvalue weighted by molar-refractivity contribution is 8.00. The summed E-state index contributed by atoms with van der Waals surface area (Å²) in [6.07, 6.45) is 0.668.